The minimum Gasteiger partial charge on any atom is -0.473 e. The van der Waals surface area contributed by atoms with Gasteiger partial charge in [0.15, 0.2) is 0 Å². The third kappa shape index (κ3) is 3.71. The first-order chi connectivity index (χ1) is 11.1. The summed E-state index contributed by atoms with van der Waals surface area (Å²) in [5.74, 6) is 0.666. The van der Waals surface area contributed by atoms with Crippen molar-refractivity contribution in [3.63, 3.8) is 0 Å². The average Bonchev–Trinajstić information content (AvgIpc) is 2.96. The lowest BCUT2D eigenvalue weighted by molar-refractivity contribution is 0.286. The van der Waals surface area contributed by atoms with Crippen molar-refractivity contribution in [3.8, 4) is 5.88 Å². The third-order valence-electron chi connectivity index (χ3n) is 4.17. The number of hydrogen-bond acceptors (Lipinski definition) is 3. The van der Waals surface area contributed by atoms with E-state index in [-0.39, 0.29) is 0 Å². The van der Waals surface area contributed by atoms with Crippen LogP contribution >= 0.6 is 0 Å². The van der Waals surface area contributed by atoms with Gasteiger partial charge < -0.3 is 14.2 Å². The lowest BCUT2D eigenvalue weighted by Gasteiger charge is -2.20. The molecule has 0 fully saturated rings. The van der Waals surface area contributed by atoms with E-state index in [1.165, 1.54) is 0 Å². The Bertz CT molecular complexity index is 765. The van der Waals surface area contributed by atoms with E-state index in [2.05, 4.69) is 59.9 Å². The molecule has 1 atom stereocenters. The summed E-state index contributed by atoms with van der Waals surface area (Å²) in [4.78, 5) is 6.83. The molecule has 4 heteroatoms. The van der Waals surface area contributed by atoms with Crippen LogP contribution in [0.2, 0.25) is 0 Å². The lowest BCUT2D eigenvalue weighted by Crippen LogP contribution is -2.28. The van der Waals surface area contributed by atoms with E-state index in [0.29, 0.717) is 18.5 Å². The number of likely N-dealkylation sites (N-methyl/N-ethyl adjacent to an activating group) is 1. The van der Waals surface area contributed by atoms with Gasteiger partial charge in [-0.05, 0) is 38.7 Å². The van der Waals surface area contributed by atoms with E-state index in [0.717, 1.165) is 23.1 Å². The smallest absolute Gasteiger partial charge is 0.214 e. The number of aromatic nitrogens is 2. The first kappa shape index (κ1) is 15.6. The zero-order chi connectivity index (χ0) is 16.2. The highest BCUT2D eigenvalue weighted by atomic mass is 16.5. The predicted octanol–water partition coefficient (Wildman–Crippen LogP) is 3.57. The Morgan fingerprint density at radius 3 is 2.61 bits per heavy atom. The SMILES string of the molecule is CC(Cn1ccc2nc(OCc3ccccc3)ccc21)N(C)C. The zero-order valence-corrected chi connectivity index (χ0v) is 13.9. The molecule has 1 unspecified atom stereocenters. The van der Waals surface area contributed by atoms with Crippen LogP contribution in [0.15, 0.2) is 54.7 Å². The molecule has 3 rings (SSSR count). The summed E-state index contributed by atoms with van der Waals surface area (Å²) in [6.07, 6.45) is 2.10. The van der Waals surface area contributed by atoms with Crippen LogP contribution in [0.5, 0.6) is 5.88 Å². The third-order valence-corrected chi connectivity index (χ3v) is 4.17. The summed E-state index contributed by atoms with van der Waals surface area (Å²) in [6, 6.07) is 16.7. The summed E-state index contributed by atoms with van der Waals surface area (Å²) in [5, 5.41) is 0. The minimum absolute atomic E-state index is 0.472. The highest BCUT2D eigenvalue weighted by Gasteiger charge is 2.09. The Balaban J connectivity index is 1.73. The molecule has 0 radical (unpaired) electrons. The van der Waals surface area contributed by atoms with Crippen molar-refractivity contribution in [2.75, 3.05) is 14.1 Å². The molecule has 0 amide bonds. The van der Waals surface area contributed by atoms with E-state index in [1.807, 2.05) is 30.3 Å². The second-order valence-electron chi connectivity index (χ2n) is 6.11. The van der Waals surface area contributed by atoms with Gasteiger partial charge in [-0.2, -0.15) is 0 Å². The van der Waals surface area contributed by atoms with Gasteiger partial charge in [-0.3, -0.25) is 0 Å². The minimum atomic E-state index is 0.472. The van der Waals surface area contributed by atoms with Crippen LogP contribution in [-0.4, -0.2) is 34.6 Å². The molecule has 0 N–H and O–H groups in total. The molecule has 2 heterocycles. The van der Waals surface area contributed by atoms with Crippen molar-refractivity contribution in [3.05, 3.63) is 60.3 Å². The first-order valence-electron chi connectivity index (χ1n) is 7.92. The lowest BCUT2D eigenvalue weighted by atomic mass is 10.2. The van der Waals surface area contributed by atoms with E-state index >= 15 is 0 Å². The maximum Gasteiger partial charge on any atom is 0.214 e. The Labute approximate surface area is 137 Å². The predicted molar refractivity (Wildman–Crippen MR) is 93.7 cm³/mol. The molecule has 23 heavy (non-hydrogen) atoms. The van der Waals surface area contributed by atoms with Crippen molar-refractivity contribution in [2.24, 2.45) is 0 Å². The number of pyridine rings is 1. The monoisotopic (exact) mass is 309 g/mol. The van der Waals surface area contributed by atoms with Gasteiger partial charge in [0.1, 0.15) is 6.61 Å². The average molecular weight is 309 g/mol. The number of ether oxygens (including phenoxy) is 1. The Morgan fingerprint density at radius 2 is 1.87 bits per heavy atom. The van der Waals surface area contributed by atoms with Crippen LogP contribution in [0.25, 0.3) is 11.0 Å². The van der Waals surface area contributed by atoms with Crippen LogP contribution in [-0.2, 0) is 13.2 Å². The number of nitrogens with zero attached hydrogens (tertiary/aromatic N) is 3. The second kappa shape index (κ2) is 6.84. The van der Waals surface area contributed by atoms with E-state index in [1.54, 1.807) is 0 Å². The van der Waals surface area contributed by atoms with Crippen LogP contribution < -0.4 is 4.74 Å². The molecule has 0 saturated carbocycles. The van der Waals surface area contributed by atoms with Gasteiger partial charge in [-0.15, -0.1) is 0 Å². The number of rotatable bonds is 6. The first-order valence-corrected chi connectivity index (χ1v) is 7.92. The molecule has 120 valence electrons. The summed E-state index contributed by atoms with van der Waals surface area (Å²) >= 11 is 0. The fourth-order valence-electron chi connectivity index (χ4n) is 2.47. The van der Waals surface area contributed by atoms with Crippen molar-refractivity contribution in [1.82, 2.24) is 14.5 Å². The molecular formula is C19H23N3O. The standard InChI is InChI=1S/C19H23N3O/c1-15(21(2)3)13-22-12-11-17-18(22)9-10-19(20-17)23-14-16-7-5-4-6-8-16/h4-12,15H,13-14H2,1-3H3. The summed E-state index contributed by atoms with van der Waals surface area (Å²) in [7, 11) is 4.20. The van der Waals surface area contributed by atoms with E-state index in [4.69, 9.17) is 4.74 Å². The topological polar surface area (TPSA) is 30.3 Å². The van der Waals surface area contributed by atoms with Crippen LogP contribution in [0, 0.1) is 0 Å². The molecule has 0 aliphatic heterocycles. The summed E-state index contributed by atoms with van der Waals surface area (Å²) in [6.45, 7) is 3.71. The fraction of sp³-hybridized carbons (Fsp3) is 0.316. The van der Waals surface area contributed by atoms with Crippen LogP contribution in [0.4, 0.5) is 0 Å². The quantitative estimate of drug-likeness (QED) is 0.697. The maximum atomic E-state index is 5.80. The Hall–Kier alpha value is -2.33. The zero-order valence-electron chi connectivity index (χ0n) is 13.9. The highest BCUT2D eigenvalue weighted by Crippen LogP contribution is 2.19. The number of benzene rings is 1. The van der Waals surface area contributed by atoms with Crippen molar-refractivity contribution in [1.29, 1.82) is 0 Å². The van der Waals surface area contributed by atoms with Crippen molar-refractivity contribution >= 4 is 11.0 Å². The van der Waals surface area contributed by atoms with Gasteiger partial charge in [0.05, 0.1) is 11.0 Å². The molecule has 4 nitrogen and oxygen atoms in total. The molecular weight excluding hydrogens is 286 g/mol. The number of hydrogen-bond donors (Lipinski definition) is 0. The van der Waals surface area contributed by atoms with Crippen molar-refractivity contribution in [2.45, 2.75) is 26.1 Å². The molecule has 0 spiro atoms. The highest BCUT2D eigenvalue weighted by molar-refractivity contribution is 5.76. The normalized spacial score (nSPS) is 12.7. The molecule has 1 aromatic carbocycles. The van der Waals surface area contributed by atoms with Gasteiger partial charge in [-0.1, -0.05) is 30.3 Å². The maximum absolute atomic E-state index is 5.80. The van der Waals surface area contributed by atoms with Gasteiger partial charge in [-0.25, -0.2) is 4.98 Å². The van der Waals surface area contributed by atoms with Crippen LogP contribution in [0.3, 0.4) is 0 Å². The fourth-order valence-corrected chi connectivity index (χ4v) is 2.47. The van der Waals surface area contributed by atoms with Crippen LogP contribution in [0.1, 0.15) is 12.5 Å². The summed E-state index contributed by atoms with van der Waals surface area (Å²) in [5.41, 5.74) is 3.26. The number of fused-ring (bicyclic) bond motifs is 1. The molecule has 0 saturated heterocycles. The van der Waals surface area contributed by atoms with Gasteiger partial charge >= 0.3 is 0 Å². The second-order valence-corrected chi connectivity index (χ2v) is 6.11. The van der Waals surface area contributed by atoms with Gasteiger partial charge in [0.25, 0.3) is 0 Å². The van der Waals surface area contributed by atoms with Crippen molar-refractivity contribution < 1.29 is 4.74 Å². The molecule has 0 aliphatic rings. The van der Waals surface area contributed by atoms with E-state index < -0.39 is 0 Å². The largest absolute Gasteiger partial charge is 0.473 e. The molecule has 0 aliphatic carbocycles. The van der Waals surface area contributed by atoms with E-state index in [9.17, 15) is 0 Å². The van der Waals surface area contributed by atoms with Gasteiger partial charge in [0.2, 0.25) is 5.88 Å². The summed E-state index contributed by atoms with van der Waals surface area (Å²) < 4.78 is 8.04. The Morgan fingerprint density at radius 1 is 1.09 bits per heavy atom. The molecule has 3 aromatic rings. The Kier molecular flexibility index (Phi) is 4.63. The molecule has 0 bridgehead atoms. The van der Waals surface area contributed by atoms with Gasteiger partial charge in [0, 0.05) is 24.8 Å². The molecule has 2 aromatic heterocycles.